The second kappa shape index (κ2) is 7.99. The summed E-state index contributed by atoms with van der Waals surface area (Å²) in [6.07, 6.45) is 1.97. The van der Waals surface area contributed by atoms with Gasteiger partial charge in [0.25, 0.3) is 0 Å². The van der Waals surface area contributed by atoms with E-state index < -0.39 is 11.9 Å². The zero-order chi connectivity index (χ0) is 12.4. The second-order valence-electron chi connectivity index (χ2n) is 2.48. The average Bonchev–Trinajstić information content (AvgIpc) is 2.31. The number of aliphatic carboxylic acids is 1. The number of esters is 1. The number of carboxylic acid groups (broad SMARTS) is 1. The van der Waals surface area contributed by atoms with Crippen molar-refractivity contribution in [1.29, 1.82) is 0 Å². The molecule has 0 atom stereocenters. The highest BCUT2D eigenvalue weighted by Gasteiger charge is 1.95. The molecule has 0 unspecified atom stereocenters. The van der Waals surface area contributed by atoms with E-state index in [1.807, 2.05) is 6.07 Å². The van der Waals surface area contributed by atoms with Crippen LogP contribution in [0.3, 0.4) is 0 Å². The van der Waals surface area contributed by atoms with Gasteiger partial charge in [-0.2, -0.15) is 0 Å². The van der Waals surface area contributed by atoms with E-state index in [1.54, 1.807) is 24.3 Å². The molecule has 4 heteroatoms. The van der Waals surface area contributed by atoms with Crippen molar-refractivity contribution in [3.05, 3.63) is 55.6 Å². The maximum absolute atomic E-state index is 10.6. The first-order chi connectivity index (χ1) is 7.60. The van der Waals surface area contributed by atoms with E-state index in [0.717, 1.165) is 12.2 Å². The number of carbonyl (C=O) groups is 2. The first-order valence-corrected chi connectivity index (χ1v) is 4.34. The molecule has 0 saturated carbocycles. The van der Waals surface area contributed by atoms with Crippen molar-refractivity contribution in [2.24, 2.45) is 0 Å². The highest BCUT2D eigenvalue weighted by molar-refractivity contribution is 5.83. The fourth-order valence-electron chi connectivity index (χ4n) is 0.646. The van der Waals surface area contributed by atoms with Crippen LogP contribution in [0.2, 0.25) is 0 Å². The molecule has 1 aromatic rings. The SMILES string of the molecule is C=CC(=O)O.C=CC(=O)Oc1ccccc1. The third kappa shape index (κ3) is 7.08. The molecule has 0 fully saturated rings. The van der Waals surface area contributed by atoms with Crippen LogP contribution in [0.25, 0.3) is 0 Å². The van der Waals surface area contributed by atoms with E-state index in [1.165, 1.54) is 0 Å². The van der Waals surface area contributed by atoms with Gasteiger partial charge in [0.15, 0.2) is 0 Å². The van der Waals surface area contributed by atoms with Crippen molar-refractivity contribution in [1.82, 2.24) is 0 Å². The summed E-state index contributed by atoms with van der Waals surface area (Å²) in [5, 5.41) is 7.60. The maximum Gasteiger partial charge on any atom is 0.335 e. The average molecular weight is 220 g/mol. The van der Waals surface area contributed by atoms with Crippen LogP contribution < -0.4 is 4.74 Å². The number of carbonyl (C=O) groups excluding carboxylic acids is 1. The maximum atomic E-state index is 10.6. The molecular weight excluding hydrogens is 208 g/mol. The number of hydrogen-bond acceptors (Lipinski definition) is 3. The summed E-state index contributed by atoms with van der Waals surface area (Å²) in [6.45, 7) is 6.24. The van der Waals surface area contributed by atoms with Gasteiger partial charge in [-0.05, 0) is 12.1 Å². The number of carboxylic acids is 1. The Bertz CT molecular complexity index is 368. The Labute approximate surface area is 93.5 Å². The van der Waals surface area contributed by atoms with Crippen molar-refractivity contribution in [2.75, 3.05) is 0 Å². The smallest absolute Gasteiger partial charge is 0.335 e. The summed E-state index contributed by atoms with van der Waals surface area (Å²) in [6, 6.07) is 8.87. The summed E-state index contributed by atoms with van der Waals surface area (Å²) in [7, 11) is 0. The summed E-state index contributed by atoms with van der Waals surface area (Å²) < 4.78 is 4.81. The molecule has 0 aliphatic carbocycles. The lowest BCUT2D eigenvalue weighted by Crippen LogP contribution is -2.02. The number of para-hydroxylation sites is 1. The van der Waals surface area contributed by atoms with Crippen molar-refractivity contribution in [3.63, 3.8) is 0 Å². The summed E-state index contributed by atoms with van der Waals surface area (Å²) >= 11 is 0. The Morgan fingerprint density at radius 3 is 2.00 bits per heavy atom. The monoisotopic (exact) mass is 220 g/mol. The molecule has 4 nitrogen and oxygen atoms in total. The number of ether oxygens (including phenoxy) is 1. The quantitative estimate of drug-likeness (QED) is 0.481. The molecule has 0 bridgehead atoms. The van der Waals surface area contributed by atoms with Crippen molar-refractivity contribution in [3.8, 4) is 5.75 Å². The molecule has 0 aromatic heterocycles. The standard InChI is InChI=1S/C9H8O2.C3H4O2/c1-2-9(10)11-8-6-4-3-5-7-8;1-2-3(4)5/h2-7H,1H2;2H,1H2,(H,4,5). The van der Waals surface area contributed by atoms with Gasteiger partial charge in [0.2, 0.25) is 0 Å². The molecule has 0 heterocycles. The summed E-state index contributed by atoms with van der Waals surface area (Å²) in [5.74, 6) is -0.876. The van der Waals surface area contributed by atoms with Crippen LogP contribution in [0.4, 0.5) is 0 Å². The molecule has 84 valence electrons. The predicted octanol–water partition coefficient (Wildman–Crippen LogP) is 2.04. The Morgan fingerprint density at radius 2 is 1.62 bits per heavy atom. The summed E-state index contributed by atoms with van der Waals surface area (Å²) in [5.41, 5.74) is 0. The van der Waals surface area contributed by atoms with Crippen molar-refractivity contribution < 1.29 is 19.4 Å². The van der Waals surface area contributed by atoms with Gasteiger partial charge in [-0.1, -0.05) is 31.4 Å². The minimum absolute atomic E-state index is 0.434. The van der Waals surface area contributed by atoms with E-state index in [0.29, 0.717) is 5.75 Å². The van der Waals surface area contributed by atoms with Crippen LogP contribution in [0.15, 0.2) is 55.6 Å². The van der Waals surface area contributed by atoms with Gasteiger partial charge in [0, 0.05) is 12.2 Å². The minimum atomic E-state index is -0.981. The fraction of sp³-hybridized carbons (Fsp3) is 0. The van der Waals surface area contributed by atoms with E-state index >= 15 is 0 Å². The molecule has 0 spiro atoms. The Morgan fingerprint density at radius 1 is 1.12 bits per heavy atom. The molecule has 0 radical (unpaired) electrons. The fourth-order valence-corrected chi connectivity index (χ4v) is 0.646. The highest BCUT2D eigenvalue weighted by atomic mass is 16.5. The van der Waals surface area contributed by atoms with Crippen LogP contribution >= 0.6 is 0 Å². The van der Waals surface area contributed by atoms with Crippen LogP contribution in [-0.2, 0) is 9.59 Å². The van der Waals surface area contributed by atoms with Crippen LogP contribution in [0.1, 0.15) is 0 Å². The highest BCUT2D eigenvalue weighted by Crippen LogP contribution is 2.07. The van der Waals surface area contributed by atoms with Gasteiger partial charge in [0.05, 0.1) is 0 Å². The largest absolute Gasteiger partial charge is 0.478 e. The third-order valence-electron chi connectivity index (χ3n) is 1.30. The number of benzene rings is 1. The van der Waals surface area contributed by atoms with E-state index in [4.69, 9.17) is 9.84 Å². The lowest BCUT2D eigenvalue weighted by Gasteiger charge is -1.98. The Balaban J connectivity index is 0.000000385. The molecule has 0 aliphatic heterocycles. The van der Waals surface area contributed by atoms with Gasteiger partial charge in [-0.15, -0.1) is 0 Å². The molecular formula is C12H12O4. The predicted molar refractivity (Wildman–Crippen MR) is 60.1 cm³/mol. The van der Waals surface area contributed by atoms with Crippen LogP contribution in [0, 0.1) is 0 Å². The first kappa shape index (κ1) is 13.6. The topological polar surface area (TPSA) is 63.6 Å². The van der Waals surface area contributed by atoms with Crippen LogP contribution in [0.5, 0.6) is 5.75 Å². The van der Waals surface area contributed by atoms with E-state index in [-0.39, 0.29) is 0 Å². The lowest BCUT2D eigenvalue weighted by molar-refractivity contribution is -0.131. The zero-order valence-corrected chi connectivity index (χ0v) is 8.63. The normalized spacial score (nSPS) is 8.00. The number of rotatable bonds is 3. The van der Waals surface area contributed by atoms with Gasteiger partial charge in [-0.25, -0.2) is 9.59 Å². The summed E-state index contributed by atoms with van der Waals surface area (Å²) in [4.78, 5) is 19.9. The second-order valence-corrected chi connectivity index (χ2v) is 2.48. The van der Waals surface area contributed by atoms with Crippen molar-refractivity contribution in [2.45, 2.75) is 0 Å². The molecule has 1 N–H and O–H groups in total. The number of hydrogen-bond donors (Lipinski definition) is 1. The third-order valence-corrected chi connectivity index (χ3v) is 1.30. The van der Waals surface area contributed by atoms with E-state index in [9.17, 15) is 9.59 Å². The van der Waals surface area contributed by atoms with Crippen LogP contribution in [-0.4, -0.2) is 17.0 Å². The first-order valence-electron chi connectivity index (χ1n) is 4.34. The molecule has 1 rings (SSSR count). The minimum Gasteiger partial charge on any atom is -0.478 e. The lowest BCUT2D eigenvalue weighted by atomic mass is 10.3. The van der Waals surface area contributed by atoms with Crippen molar-refractivity contribution >= 4 is 11.9 Å². The Hall–Kier alpha value is -2.36. The van der Waals surface area contributed by atoms with Gasteiger partial charge >= 0.3 is 11.9 Å². The molecule has 1 aromatic carbocycles. The van der Waals surface area contributed by atoms with Gasteiger partial charge in [0.1, 0.15) is 5.75 Å². The Kier molecular flexibility index (Phi) is 6.81. The van der Waals surface area contributed by atoms with Gasteiger partial charge < -0.3 is 9.84 Å². The van der Waals surface area contributed by atoms with E-state index in [2.05, 4.69) is 13.2 Å². The molecule has 0 amide bonds. The zero-order valence-electron chi connectivity index (χ0n) is 8.63. The molecule has 0 saturated heterocycles. The molecule has 16 heavy (non-hydrogen) atoms. The van der Waals surface area contributed by atoms with Gasteiger partial charge in [-0.3, -0.25) is 0 Å². The molecule has 0 aliphatic rings.